The van der Waals surface area contributed by atoms with Crippen molar-refractivity contribution in [3.8, 4) is 0 Å². The number of anilines is 1. The molecule has 0 aromatic heterocycles. The van der Waals surface area contributed by atoms with Gasteiger partial charge in [-0.3, -0.25) is 9.59 Å². The lowest BCUT2D eigenvalue weighted by Crippen LogP contribution is -2.50. The van der Waals surface area contributed by atoms with Crippen LogP contribution in [-0.2, 0) is 19.6 Å². The van der Waals surface area contributed by atoms with Crippen LogP contribution in [0.1, 0.15) is 18.4 Å². The normalized spacial score (nSPS) is 18.0. The van der Waals surface area contributed by atoms with E-state index in [1.807, 2.05) is 24.3 Å². The van der Waals surface area contributed by atoms with Crippen LogP contribution in [0.25, 0.3) is 6.08 Å². The molecule has 0 atom stereocenters. The van der Waals surface area contributed by atoms with E-state index in [0.717, 1.165) is 24.2 Å². The zero-order valence-electron chi connectivity index (χ0n) is 17.5. The van der Waals surface area contributed by atoms with Gasteiger partial charge in [0.25, 0.3) is 0 Å². The molecule has 2 aromatic rings. The Balaban J connectivity index is 1.33. The van der Waals surface area contributed by atoms with Crippen molar-refractivity contribution in [3.05, 3.63) is 65.2 Å². The van der Waals surface area contributed by atoms with E-state index in [-0.39, 0.29) is 29.8 Å². The van der Waals surface area contributed by atoms with Gasteiger partial charge in [0, 0.05) is 55.9 Å². The van der Waals surface area contributed by atoms with E-state index in [1.54, 1.807) is 28.0 Å². The first-order valence-electron chi connectivity index (χ1n) is 10.5. The van der Waals surface area contributed by atoms with Crippen LogP contribution in [-0.4, -0.2) is 62.2 Å². The Morgan fingerprint density at radius 3 is 2.16 bits per heavy atom. The lowest BCUT2D eigenvalue weighted by molar-refractivity contribution is -0.127. The highest BCUT2D eigenvalue weighted by Crippen LogP contribution is 2.22. The molecular formula is C23H24ClN3O4S. The number of hydrogen-bond donors (Lipinski definition) is 0. The minimum Gasteiger partial charge on any atom is -0.337 e. The molecule has 2 amide bonds. The fourth-order valence-electron chi connectivity index (χ4n) is 3.86. The average Bonchev–Trinajstić information content (AvgIpc) is 3.24. The third kappa shape index (κ3) is 4.87. The molecule has 2 aliphatic rings. The van der Waals surface area contributed by atoms with Gasteiger partial charge in [-0.05, 0) is 54.5 Å². The maximum absolute atomic E-state index is 12.8. The van der Waals surface area contributed by atoms with E-state index >= 15 is 0 Å². The molecular weight excluding hydrogens is 450 g/mol. The largest absolute Gasteiger partial charge is 0.337 e. The quantitative estimate of drug-likeness (QED) is 0.625. The van der Waals surface area contributed by atoms with E-state index in [4.69, 9.17) is 11.6 Å². The third-order valence-electron chi connectivity index (χ3n) is 5.70. The second-order valence-corrected chi connectivity index (χ2v) is 10.1. The molecule has 32 heavy (non-hydrogen) atoms. The van der Waals surface area contributed by atoms with E-state index in [0.29, 0.717) is 24.5 Å². The number of amides is 2. The van der Waals surface area contributed by atoms with Crippen molar-refractivity contribution < 1.29 is 18.0 Å². The Kier molecular flexibility index (Phi) is 6.64. The summed E-state index contributed by atoms with van der Waals surface area (Å²) in [5.41, 5.74) is 1.73. The fraction of sp³-hybridized carbons (Fsp3) is 0.304. The van der Waals surface area contributed by atoms with Crippen molar-refractivity contribution in [2.75, 3.05) is 37.6 Å². The van der Waals surface area contributed by atoms with Crippen LogP contribution in [0, 0.1) is 0 Å². The molecule has 0 radical (unpaired) electrons. The molecule has 7 nitrogen and oxygen atoms in total. The van der Waals surface area contributed by atoms with Crippen molar-refractivity contribution in [3.63, 3.8) is 0 Å². The van der Waals surface area contributed by atoms with Gasteiger partial charge in [0.15, 0.2) is 0 Å². The molecule has 0 N–H and O–H groups in total. The second-order valence-electron chi connectivity index (χ2n) is 7.76. The number of piperazine rings is 1. The summed E-state index contributed by atoms with van der Waals surface area (Å²) in [6.45, 7) is 1.87. The zero-order chi connectivity index (χ0) is 22.7. The van der Waals surface area contributed by atoms with Crippen molar-refractivity contribution in [2.24, 2.45) is 0 Å². The summed E-state index contributed by atoms with van der Waals surface area (Å²) in [5.74, 6) is -0.0203. The van der Waals surface area contributed by atoms with Gasteiger partial charge in [-0.15, -0.1) is 0 Å². The first kappa shape index (κ1) is 22.5. The van der Waals surface area contributed by atoms with Crippen LogP contribution in [0.4, 0.5) is 5.69 Å². The Bertz CT molecular complexity index is 1120. The molecule has 0 bridgehead atoms. The molecule has 2 fully saturated rings. The van der Waals surface area contributed by atoms with Crippen LogP contribution in [0.3, 0.4) is 0 Å². The van der Waals surface area contributed by atoms with Crippen LogP contribution in [0.15, 0.2) is 59.5 Å². The van der Waals surface area contributed by atoms with Crippen molar-refractivity contribution >= 4 is 45.2 Å². The van der Waals surface area contributed by atoms with Gasteiger partial charge in [0.1, 0.15) is 0 Å². The van der Waals surface area contributed by atoms with Crippen LogP contribution in [0.5, 0.6) is 0 Å². The van der Waals surface area contributed by atoms with E-state index < -0.39 is 10.0 Å². The molecule has 9 heteroatoms. The van der Waals surface area contributed by atoms with E-state index in [9.17, 15) is 18.0 Å². The molecule has 168 valence electrons. The summed E-state index contributed by atoms with van der Waals surface area (Å²) in [6.07, 6.45) is 4.70. The second kappa shape index (κ2) is 9.44. The maximum atomic E-state index is 12.8. The maximum Gasteiger partial charge on any atom is 0.246 e. The van der Waals surface area contributed by atoms with Gasteiger partial charge in [-0.25, -0.2) is 8.42 Å². The van der Waals surface area contributed by atoms with Gasteiger partial charge >= 0.3 is 0 Å². The summed E-state index contributed by atoms with van der Waals surface area (Å²) < 4.78 is 26.9. The average molecular weight is 474 g/mol. The molecule has 0 unspecified atom stereocenters. The number of hydrogen-bond acceptors (Lipinski definition) is 4. The number of carbonyl (C=O) groups excluding carboxylic acids is 2. The Hall–Kier alpha value is -2.68. The number of sulfonamides is 1. The number of carbonyl (C=O) groups is 2. The molecule has 4 rings (SSSR count). The Morgan fingerprint density at radius 1 is 0.906 bits per heavy atom. The van der Waals surface area contributed by atoms with E-state index in [1.165, 1.54) is 22.5 Å². The molecule has 2 aliphatic heterocycles. The van der Waals surface area contributed by atoms with E-state index in [2.05, 4.69) is 0 Å². The predicted molar refractivity (Wildman–Crippen MR) is 124 cm³/mol. The summed E-state index contributed by atoms with van der Waals surface area (Å²) in [6, 6.07) is 13.6. The first-order valence-corrected chi connectivity index (χ1v) is 12.3. The minimum absolute atomic E-state index is 0.140. The SMILES string of the molecule is O=C(/C=C/c1ccc(N2CCCC2=O)cc1)N1CCN(S(=O)(=O)c2ccc(Cl)cc2)CC1. The van der Waals surface area contributed by atoms with Gasteiger partial charge < -0.3 is 9.80 Å². The monoisotopic (exact) mass is 473 g/mol. The first-order chi connectivity index (χ1) is 15.3. The topological polar surface area (TPSA) is 78.0 Å². The van der Waals surface area contributed by atoms with Crippen LogP contribution in [0.2, 0.25) is 5.02 Å². The van der Waals surface area contributed by atoms with Gasteiger partial charge in [-0.1, -0.05) is 23.7 Å². The standard InChI is InChI=1S/C23H24ClN3O4S/c24-19-6-10-21(11-7-19)32(30,31)26-16-14-25(15-17-26)22(28)12-5-18-3-8-20(9-4-18)27-13-1-2-23(27)29/h3-12H,1-2,13-17H2/b12-5+. The zero-order valence-corrected chi connectivity index (χ0v) is 19.1. The Labute approximate surface area is 192 Å². The predicted octanol–water partition coefficient (Wildman–Crippen LogP) is 3.01. The number of benzene rings is 2. The lowest BCUT2D eigenvalue weighted by atomic mass is 10.2. The van der Waals surface area contributed by atoms with Crippen LogP contribution >= 0.6 is 11.6 Å². The highest BCUT2D eigenvalue weighted by Gasteiger charge is 2.29. The summed E-state index contributed by atoms with van der Waals surface area (Å²) >= 11 is 5.84. The van der Waals surface area contributed by atoms with Gasteiger partial charge in [0.2, 0.25) is 21.8 Å². The summed E-state index contributed by atoms with van der Waals surface area (Å²) in [4.78, 5) is 28.0. The lowest BCUT2D eigenvalue weighted by Gasteiger charge is -2.33. The number of halogens is 1. The molecule has 0 saturated carbocycles. The van der Waals surface area contributed by atoms with Crippen molar-refractivity contribution in [2.45, 2.75) is 17.7 Å². The molecule has 2 heterocycles. The number of rotatable bonds is 5. The van der Waals surface area contributed by atoms with Gasteiger partial charge in [0.05, 0.1) is 4.90 Å². The smallest absolute Gasteiger partial charge is 0.246 e. The van der Waals surface area contributed by atoms with Crippen LogP contribution < -0.4 is 4.90 Å². The summed E-state index contributed by atoms with van der Waals surface area (Å²) in [5, 5.41) is 0.477. The van der Waals surface area contributed by atoms with Gasteiger partial charge in [-0.2, -0.15) is 4.31 Å². The number of nitrogens with zero attached hydrogens (tertiary/aromatic N) is 3. The Morgan fingerprint density at radius 2 is 1.56 bits per heavy atom. The van der Waals surface area contributed by atoms with Crippen molar-refractivity contribution in [1.29, 1.82) is 0 Å². The van der Waals surface area contributed by atoms with Crippen molar-refractivity contribution in [1.82, 2.24) is 9.21 Å². The highest BCUT2D eigenvalue weighted by molar-refractivity contribution is 7.89. The molecule has 0 spiro atoms. The molecule has 2 aromatic carbocycles. The molecule has 0 aliphatic carbocycles. The molecule has 2 saturated heterocycles. The summed E-state index contributed by atoms with van der Waals surface area (Å²) in [7, 11) is -3.61. The fourth-order valence-corrected chi connectivity index (χ4v) is 5.41. The minimum atomic E-state index is -3.61. The third-order valence-corrected chi connectivity index (χ3v) is 7.86. The highest BCUT2D eigenvalue weighted by atomic mass is 35.5.